The van der Waals surface area contributed by atoms with Crippen molar-refractivity contribution in [2.24, 2.45) is 0 Å². The number of hydrogen-bond donors (Lipinski definition) is 1. The Balaban J connectivity index is 1.73. The Hall–Kier alpha value is -1.22. The van der Waals surface area contributed by atoms with Crippen molar-refractivity contribution in [1.29, 1.82) is 0 Å². The highest BCUT2D eigenvalue weighted by Crippen LogP contribution is 2.36. The summed E-state index contributed by atoms with van der Waals surface area (Å²) in [6, 6.07) is 2.27. The molecule has 2 aliphatic rings. The minimum atomic E-state index is -0.487. The topological polar surface area (TPSA) is 53.5 Å². The lowest BCUT2D eigenvalue weighted by molar-refractivity contribution is 0.188. The number of likely N-dealkylation sites (N-methyl/N-ethyl adjacent to an activating group) is 1. The van der Waals surface area contributed by atoms with Crippen molar-refractivity contribution in [3.8, 4) is 6.01 Å². The first-order valence-electron chi connectivity index (χ1n) is 9.18. The van der Waals surface area contributed by atoms with Crippen LogP contribution in [0.4, 0.5) is 10.2 Å². The van der Waals surface area contributed by atoms with E-state index in [-0.39, 0.29) is 16.0 Å². The van der Waals surface area contributed by atoms with E-state index in [1.54, 1.807) is 6.07 Å². The molecule has 1 N–H and O–H groups in total. The third-order valence-electron chi connectivity index (χ3n) is 5.28. The minimum Gasteiger partial charge on any atom is -0.462 e. The second-order valence-electron chi connectivity index (χ2n) is 7.04. The molecular formula is C18H22BrClFN5O. The molecule has 3 heterocycles. The third kappa shape index (κ3) is 3.85. The number of ether oxygens (including phenoxy) is 1. The largest absolute Gasteiger partial charge is 0.462 e. The molecule has 0 aliphatic carbocycles. The number of halogens is 3. The molecule has 1 aromatic carbocycles. The van der Waals surface area contributed by atoms with Crippen molar-refractivity contribution in [3.63, 3.8) is 0 Å². The Bertz CT molecular complexity index is 848. The average Bonchev–Trinajstić information content (AvgIpc) is 3.10. The molecule has 4 rings (SSSR count). The Kier molecular flexibility index (Phi) is 5.68. The number of fused-ring (bicyclic) bond motifs is 1. The number of hydrogen-bond acceptors (Lipinski definition) is 6. The standard InChI is InChI=1S/C18H22BrClFN5O/c1-25-6-2-3-11(25)10-27-18-23-16-12(9-13(20)14(19)15(16)21)17(24-18)26-7-4-22-5-8-26/h9,11,22H,2-8,10H2,1H3/t11-/m0/s1. The van der Waals surface area contributed by atoms with Crippen LogP contribution in [0.25, 0.3) is 10.9 Å². The first-order chi connectivity index (χ1) is 13.0. The van der Waals surface area contributed by atoms with Gasteiger partial charge >= 0.3 is 6.01 Å². The van der Waals surface area contributed by atoms with Crippen molar-refractivity contribution >= 4 is 44.3 Å². The highest BCUT2D eigenvalue weighted by atomic mass is 79.9. The number of nitrogens with zero attached hydrogens (tertiary/aromatic N) is 4. The number of nitrogens with one attached hydrogen (secondary N) is 1. The summed E-state index contributed by atoms with van der Waals surface area (Å²) in [6.07, 6.45) is 2.25. The van der Waals surface area contributed by atoms with E-state index in [2.05, 4.69) is 48.1 Å². The van der Waals surface area contributed by atoms with E-state index in [1.165, 1.54) is 0 Å². The van der Waals surface area contributed by atoms with Crippen LogP contribution in [0.1, 0.15) is 12.8 Å². The van der Waals surface area contributed by atoms with Crippen molar-refractivity contribution in [2.75, 3.05) is 51.3 Å². The molecule has 146 valence electrons. The molecule has 0 unspecified atom stereocenters. The minimum absolute atomic E-state index is 0.211. The van der Waals surface area contributed by atoms with E-state index in [0.29, 0.717) is 28.9 Å². The maximum Gasteiger partial charge on any atom is 0.319 e. The van der Waals surface area contributed by atoms with Crippen LogP contribution in [-0.4, -0.2) is 67.3 Å². The van der Waals surface area contributed by atoms with Gasteiger partial charge in [-0.05, 0) is 48.4 Å². The number of rotatable bonds is 4. The first kappa shape index (κ1) is 19.1. The van der Waals surface area contributed by atoms with Crippen LogP contribution in [0.5, 0.6) is 6.01 Å². The van der Waals surface area contributed by atoms with Gasteiger partial charge in [0.1, 0.15) is 17.9 Å². The number of benzene rings is 1. The van der Waals surface area contributed by atoms with Crippen LogP contribution in [0.15, 0.2) is 10.5 Å². The number of anilines is 1. The zero-order chi connectivity index (χ0) is 19.0. The second-order valence-corrected chi connectivity index (χ2v) is 8.24. The molecule has 2 fully saturated rings. The highest BCUT2D eigenvalue weighted by molar-refractivity contribution is 9.10. The Morgan fingerprint density at radius 1 is 1.33 bits per heavy atom. The predicted molar refractivity (Wildman–Crippen MR) is 108 cm³/mol. The van der Waals surface area contributed by atoms with Crippen LogP contribution in [0, 0.1) is 5.82 Å². The lowest BCUT2D eigenvalue weighted by Gasteiger charge is -2.29. The van der Waals surface area contributed by atoms with Crippen LogP contribution in [-0.2, 0) is 0 Å². The van der Waals surface area contributed by atoms with Gasteiger partial charge < -0.3 is 19.9 Å². The van der Waals surface area contributed by atoms with Gasteiger partial charge in [0.25, 0.3) is 0 Å². The van der Waals surface area contributed by atoms with E-state index in [9.17, 15) is 4.39 Å². The molecule has 0 saturated carbocycles. The van der Waals surface area contributed by atoms with Gasteiger partial charge in [0, 0.05) is 37.6 Å². The second kappa shape index (κ2) is 8.03. The van der Waals surface area contributed by atoms with Gasteiger partial charge in [0.15, 0.2) is 5.82 Å². The smallest absolute Gasteiger partial charge is 0.319 e. The summed E-state index contributed by atoms with van der Waals surface area (Å²) in [5.74, 6) is 0.184. The fraction of sp³-hybridized carbons (Fsp3) is 0.556. The Morgan fingerprint density at radius 2 is 2.11 bits per heavy atom. The maximum absolute atomic E-state index is 14.9. The molecule has 0 radical (unpaired) electrons. The summed E-state index contributed by atoms with van der Waals surface area (Å²) in [6.45, 7) is 4.83. The molecule has 2 saturated heterocycles. The first-order valence-corrected chi connectivity index (χ1v) is 10.4. The van der Waals surface area contributed by atoms with Crippen molar-refractivity contribution in [1.82, 2.24) is 20.2 Å². The Morgan fingerprint density at radius 3 is 2.81 bits per heavy atom. The molecule has 1 aromatic heterocycles. The molecule has 0 bridgehead atoms. The van der Waals surface area contributed by atoms with E-state index in [0.717, 1.165) is 45.6 Å². The van der Waals surface area contributed by atoms with Gasteiger partial charge in [0.05, 0.1) is 9.50 Å². The number of aromatic nitrogens is 2. The van der Waals surface area contributed by atoms with E-state index < -0.39 is 5.82 Å². The fourth-order valence-corrected chi connectivity index (χ4v) is 4.17. The van der Waals surface area contributed by atoms with Crippen LogP contribution >= 0.6 is 27.5 Å². The number of piperazine rings is 1. The summed E-state index contributed by atoms with van der Waals surface area (Å²) >= 11 is 9.40. The molecule has 0 spiro atoms. The van der Waals surface area contributed by atoms with Gasteiger partial charge in [-0.1, -0.05) is 11.6 Å². The zero-order valence-corrected chi connectivity index (χ0v) is 17.5. The SMILES string of the molecule is CN1CCC[C@H]1COc1nc(N2CCNCC2)c2cc(Cl)c(Br)c(F)c2n1. The summed E-state index contributed by atoms with van der Waals surface area (Å²) in [4.78, 5) is 13.4. The van der Waals surface area contributed by atoms with Gasteiger partial charge in [-0.3, -0.25) is 0 Å². The molecular weight excluding hydrogens is 437 g/mol. The summed E-state index contributed by atoms with van der Waals surface area (Å²) in [5.41, 5.74) is 0.226. The molecule has 27 heavy (non-hydrogen) atoms. The summed E-state index contributed by atoms with van der Waals surface area (Å²) < 4.78 is 21.0. The number of likely N-dealkylation sites (tertiary alicyclic amines) is 1. The van der Waals surface area contributed by atoms with Crippen LogP contribution in [0.3, 0.4) is 0 Å². The van der Waals surface area contributed by atoms with Crippen molar-refractivity contribution < 1.29 is 9.13 Å². The molecule has 6 nitrogen and oxygen atoms in total. The highest BCUT2D eigenvalue weighted by Gasteiger charge is 2.24. The molecule has 9 heteroatoms. The van der Waals surface area contributed by atoms with Crippen LogP contribution in [0.2, 0.25) is 5.02 Å². The van der Waals surface area contributed by atoms with Gasteiger partial charge in [-0.2, -0.15) is 9.97 Å². The molecule has 2 aromatic rings. The fourth-order valence-electron chi connectivity index (χ4n) is 3.68. The van der Waals surface area contributed by atoms with Gasteiger partial charge in [-0.25, -0.2) is 4.39 Å². The zero-order valence-electron chi connectivity index (χ0n) is 15.1. The normalized spacial score (nSPS) is 21.2. The maximum atomic E-state index is 14.9. The molecule has 2 aliphatic heterocycles. The average molecular weight is 459 g/mol. The van der Waals surface area contributed by atoms with Gasteiger partial charge in [0.2, 0.25) is 0 Å². The van der Waals surface area contributed by atoms with Gasteiger partial charge in [-0.15, -0.1) is 0 Å². The lowest BCUT2D eigenvalue weighted by atomic mass is 10.2. The quantitative estimate of drug-likeness (QED) is 0.711. The predicted octanol–water partition coefficient (Wildman–Crippen LogP) is 3.07. The molecule has 1 atom stereocenters. The lowest BCUT2D eigenvalue weighted by Crippen LogP contribution is -2.44. The third-order valence-corrected chi connectivity index (χ3v) is 6.58. The van der Waals surface area contributed by atoms with Crippen LogP contribution < -0.4 is 15.0 Å². The van der Waals surface area contributed by atoms with E-state index in [4.69, 9.17) is 16.3 Å². The summed E-state index contributed by atoms with van der Waals surface area (Å²) in [5, 5.41) is 4.23. The monoisotopic (exact) mass is 457 g/mol. The van der Waals surface area contributed by atoms with E-state index in [1.807, 2.05) is 0 Å². The molecule has 0 amide bonds. The van der Waals surface area contributed by atoms with Crippen molar-refractivity contribution in [3.05, 3.63) is 21.4 Å². The Labute approximate surface area is 171 Å². The van der Waals surface area contributed by atoms with Crippen molar-refractivity contribution in [2.45, 2.75) is 18.9 Å². The van der Waals surface area contributed by atoms with E-state index >= 15 is 0 Å². The summed E-state index contributed by atoms with van der Waals surface area (Å²) in [7, 11) is 2.09.